The van der Waals surface area contributed by atoms with Crippen LogP contribution in [-0.4, -0.2) is 61.4 Å². The smallest absolute Gasteiger partial charge is 0.216 e. The van der Waals surface area contributed by atoms with Crippen molar-refractivity contribution in [3.63, 3.8) is 0 Å². The van der Waals surface area contributed by atoms with Crippen LogP contribution in [0.1, 0.15) is 59.3 Å². The van der Waals surface area contributed by atoms with E-state index in [2.05, 4.69) is 11.8 Å². The third-order valence-electron chi connectivity index (χ3n) is 5.56. The van der Waals surface area contributed by atoms with Gasteiger partial charge in [0, 0.05) is 32.0 Å². The SMILES string of the molecule is CCC[C@H]1CN(S(=O)(=O)C(C)C)CC1C(=O)CCN1CCCCC1. The molecule has 2 saturated heterocycles. The number of piperidine rings is 1. The minimum absolute atomic E-state index is 0.108. The zero-order valence-electron chi connectivity index (χ0n) is 15.5. The molecule has 0 aromatic heterocycles. The van der Waals surface area contributed by atoms with Gasteiger partial charge in [0.15, 0.2) is 0 Å². The van der Waals surface area contributed by atoms with Gasteiger partial charge in [-0.2, -0.15) is 0 Å². The lowest BCUT2D eigenvalue weighted by Gasteiger charge is -2.26. The van der Waals surface area contributed by atoms with E-state index in [1.54, 1.807) is 18.2 Å². The molecular formula is C18H34N2O3S. The Labute approximate surface area is 147 Å². The summed E-state index contributed by atoms with van der Waals surface area (Å²) in [6, 6.07) is 0. The number of hydrogen-bond donors (Lipinski definition) is 0. The van der Waals surface area contributed by atoms with E-state index in [9.17, 15) is 13.2 Å². The summed E-state index contributed by atoms with van der Waals surface area (Å²) in [4.78, 5) is 15.2. The fraction of sp³-hybridized carbons (Fsp3) is 0.944. The molecule has 2 aliphatic heterocycles. The van der Waals surface area contributed by atoms with Gasteiger partial charge in [-0.25, -0.2) is 12.7 Å². The predicted molar refractivity (Wildman–Crippen MR) is 97.4 cm³/mol. The number of ketones is 1. The van der Waals surface area contributed by atoms with Crippen molar-refractivity contribution in [2.24, 2.45) is 11.8 Å². The van der Waals surface area contributed by atoms with Crippen molar-refractivity contribution >= 4 is 15.8 Å². The summed E-state index contributed by atoms with van der Waals surface area (Å²) >= 11 is 0. The molecule has 2 heterocycles. The highest BCUT2D eigenvalue weighted by Gasteiger charge is 2.42. The summed E-state index contributed by atoms with van der Waals surface area (Å²) in [5.74, 6) is 0.348. The summed E-state index contributed by atoms with van der Waals surface area (Å²) < 4.78 is 26.5. The van der Waals surface area contributed by atoms with Crippen LogP contribution in [-0.2, 0) is 14.8 Å². The second kappa shape index (κ2) is 8.77. The molecule has 140 valence electrons. The van der Waals surface area contributed by atoms with Gasteiger partial charge in [-0.3, -0.25) is 4.79 Å². The number of carbonyl (C=O) groups is 1. The van der Waals surface area contributed by atoms with Crippen LogP contribution < -0.4 is 0 Å². The van der Waals surface area contributed by atoms with E-state index in [0.717, 1.165) is 32.5 Å². The van der Waals surface area contributed by atoms with Crippen molar-refractivity contribution in [1.82, 2.24) is 9.21 Å². The van der Waals surface area contributed by atoms with Gasteiger partial charge < -0.3 is 4.90 Å². The highest BCUT2D eigenvalue weighted by Crippen LogP contribution is 2.32. The monoisotopic (exact) mass is 358 g/mol. The normalized spacial score (nSPS) is 27.0. The zero-order valence-corrected chi connectivity index (χ0v) is 16.4. The van der Waals surface area contributed by atoms with Crippen molar-refractivity contribution < 1.29 is 13.2 Å². The molecule has 0 bridgehead atoms. The van der Waals surface area contributed by atoms with Crippen molar-refractivity contribution in [2.75, 3.05) is 32.7 Å². The first-order valence-electron chi connectivity index (χ1n) is 9.60. The molecule has 2 aliphatic rings. The lowest BCUT2D eigenvalue weighted by molar-refractivity contribution is -0.123. The third kappa shape index (κ3) is 4.79. The molecule has 0 N–H and O–H groups in total. The van der Waals surface area contributed by atoms with Gasteiger partial charge in [0.2, 0.25) is 10.0 Å². The minimum atomic E-state index is -3.26. The highest BCUT2D eigenvalue weighted by atomic mass is 32.2. The van der Waals surface area contributed by atoms with Crippen molar-refractivity contribution in [3.05, 3.63) is 0 Å². The molecule has 0 aromatic carbocycles. The molecule has 0 amide bonds. The van der Waals surface area contributed by atoms with Crippen LogP contribution in [0.15, 0.2) is 0 Å². The highest BCUT2D eigenvalue weighted by molar-refractivity contribution is 7.89. The predicted octanol–water partition coefficient (Wildman–Crippen LogP) is 2.52. The van der Waals surface area contributed by atoms with E-state index in [0.29, 0.717) is 19.5 Å². The lowest BCUT2D eigenvalue weighted by atomic mass is 9.87. The Bertz CT molecular complexity index is 512. The number of nitrogens with zero attached hydrogens (tertiary/aromatic N) is 2. The molecule has 0 saturated carbocycles. The average molecular weight is 359 g/mol. The van der Waals surface area contributed by atoms with Gasteiger partial charge in [-0.05, 0) is 52.1 Å². The molecule has 6 heteroatoms. The molecule has 5 nitrogen and oxygen atoms in total. The first-order chi connectivity index (χ1) is 11.4. The standard InChI is InChI=1S/C18H34N2O3S/c1-4-8-16-13-20(24(22,23)15(2)3)14-17(16)18(21)9-12-19-10-6-5-7-11-19/h15-17H,4-14H2,1-3H3/t16-,17?/m0/s1. The minimum Gasteiger partial charge on any atom is -0.303 e. The molecule has 2 fully saturated rings. The molecule has 2 atom stereocenters. The van der Waals surface area contributed by atoms with Gasteiger partial charge in [-0.1, -0.05) is 19.8 Å². The van der Waals surface area contributed by atoms with Crippen LogP contribution in [0.2, 0.25) is 0 Å². The number of Topliss-reactive ketones (excluding diaryl/α,β-unsaturated/α-hetero) is 1. The summed E-state index contributed by atoms with van der Waals surface area (Å²) in [5, 5.41) is -0.415. The molecule has 2 rings (SSSR count). The Morgan fingerprint density at radius 2 is 1.79 bits per heavy atom. The van der Waals surface area contributed by atoms with Crippen LogP contribution in [0.3, 0.4) is 0 Å². The van der Waals surface area contributed by atoms with E-state index in [1.165, 1.54) is 19.3 Å². The fourth-order valence-electron chi connectivity index (χ4n) is 4.00. The van der Waals surface area contributed by atoms with E-state index in [4.69, 9.17) is 0 Å². The fourth-order valence-corrected chi connectivity index (χ4v) is 5.37. The first-order valence-corrected chi connectivity index (χ1v) is 11.1. The van der Waals surface area contributed by atoms with Crippen LogP contribution in [0.5, 0.6) is 0 Å². The van der Waals surface area contributed by atoms with E-state index in [-0.39, 0.29) is 17.6 Å². The first kappa shape index (κ1) is 19.9. The van der Waals surface area contributed by atoms with Gasteiger partial charge in [0.05, 0.1) is 5.25 Å². The Balaban J connectivity index is 1.96. The van der Waals surface area contributed by atoms with Gasteiger partial charge in [-0.15, -0.1) is 0 Å². The maximum Gasteiger partial charge on any atom is 0.216 e. The number of likely N-dealkylation sites (tertiary alicyclic amines) is 1. The average Bonchev–Trinajstić information content (AvgIpc) is 2.98. The lowest BCUT2D eigenvalue weighted by Crippen LogP contribution is -2.36. The van der Waals surface area contributed by atoms with Gasteiger partial charge >= 0.3 is 0 Å². The van der Waals surface area contributed by atoms with Crippen LogP contribution >= 0.6 is 0 Å². The van der Waals surface area contributed by atoms with Crippen LogP contribution in [0.4, 0.5) is 0 Å². The molecule has 0 aromatic rings. The van der Waals surface area contributed by atoms with E-state index in [1.807, 2.05) is 0 Å². The molecule has 1 unspecified atom stereocenters. The summed E-state index contributed by atoms with van der Waals surface area (Å²) in [7, 11) is -3.26. The Morgan fingerprint density at radius 1 is 1.12 bits per heavy atom. The molecule has 0 radical (unpaired) electrons. The van der Waals surface area contributed by atoms with Crippen molar-refractivity contribution in [3.8, 4) is 0 Å². The molecule has 0 spiro atoms. The Hall–Kier alpha value is -0.460. The molecular weight excluding hydrogens is 324 g/mol. The summed E-state index contributed by atoms with van der Waals surface area (Å²) in [6.07, 6.45) is 6.27. The number of carbonyl (C=O) groups excluding carboxylic acids is 1. The van der Waals surface area contributed by atoms with E-state index < -0.39 is 15.3 Å². The largest absolute Gasteiger partial charge is 0.303 e. The van der Waals surface area contributed by atoms with Gasteiger partial charge in [0.25, 0.3) is 0 Å². The summed E-state index contributed by atoms with van der Waals surface area (Å²) in [6.45, 7) is 9.50. The van der Waals surface area contributed by atoms with Crippen LogP contribution in [0.25, 0.3) is 0 Å². The number of hydrogen-bond acceptors (Lipinski definition) is 4. The zero-order chi connectivity index (χ0) is 17.7. The van der Waals surface area contributed by atoms with Crippen molar-refractivity contribution in [1.29, 1.82) is 0 Å². The number of sulfonamides is 1. The van der Waals surface area contributed by atoms with Gasteiger partial charge in [0.1, 0.15) is 5.78 Å². The quantitative estimate of drug-likeness (QED) is 0.669. The van der Waals surface area contributed by atoms with Crippen molar-refractivity contribution in [2.45, 2.75) is 64.5 Å². The summed E-state index contributed by atoms with van der Waals surface area (Å²) in [5.41, 5.74) is 0. The second-order valence-electron chi connectivity index (χ2n) is 7.68. The number of rotatable bonds is 8. The Morgan fingerprint density at radius 3 is 2.38 bits per heavy atom. The van der Waals surface area contributed by atoms with E-state index >= 15 is 0 Å². The second-order valence-corrected chi connectivity index (χ2v) is 10.2. The maximum atomic E-state index is 12.8. The Kier molecular flexibility index (Phi) is 7.25. The molecule has 0 aliphatic carbocycles. The molecule has 24 heavy (non-hydrogen) atoms. The van der Waals surface area contributed by atoms with Crippen LogP contribution in [0, 0.1) is 11.8 Å². The topological polar surface area (TPSA) is 57.7 Å². The third-order valence-corrected chi connectivity index (χ3v) is 7.77. The maximum absolute atomic E-state index is 12.8.